The molecule has 0 heterocycles. The van der Waals surface area contributed by atoms with E-state index in [1.165, 1.54) is 19.9 Å². The summed E-state index contributed by atoms with van der Waals surface area (Å²) in [6, 6.07) is 7.26. The SMILES string of the molecule is CC(=O)/C=C/c1ccc(NC(C)=O)cc1. The van der Waals surface area contributed by atoms with E-state index >= 15 is 0 Å². The lowest BCUT2D eigenvalue weighted by Crippen LogP contribution is -2.05. The van der Waals surface area contributed by atoms with Crippen LogP contribution in [0, 0.1) is 0 Å². The summed E-state index contributed by atoms with van der Waals surface area (Å²) in [5.74, 6) is -0.0806. The lowest BCUT2D eigenvalue weighted by Gasteiger charge is -2.01. The number of anilines is 1. The molecule has 0 unspecified atom stereocenters. The van der Waals surface area contributed by atoms with Crippen LogP contribution >= 0.6 is 0 Å². The van der Waals surface area contributed by atoms with E-state index < -0.39 is 0 Å². The summed E-state index contributed by atoms with van der Waals surface area (Å²) in [7, 11) is 0. The average molecular weight is 203 g/mol. The molecule has 0 saturated heterocycles. The fourth-order valence-corrected chi connectivity index (χ4v) is 1.09. The van der Waals surface area contributed by atoms with Gasteiger partial charge in [0.05, 0.1) is 0 Å². The number of benzene rings is 1. The normalized spacial score (nSPS) is 10.3. The molecule has 0 atom stereocenters. The number of rotatable bonds is 3. The zero-order valence-electron chi connectivity index (χ0n) is 8.78. The van der Waals surface area contributed by atoms with Crippen LogP contribution in [0.5, 0.6) is 0 Å². The molecule has 0 fully saturated rings. The quantitative estimate of drug-likeness (QED) is 0.766. The first-order valence-corrected chi connectivity index (χ1v) is 4.64. The summed E-state index contributed by atoms with van der Waals surface area (Å²) in [6.07, 6.45) is 3.24. The Kier molecular flexibility index (Phi) is 3.80. The molecular weight excluding hydrogens is 190 g/mol. The van der Waals surface area contributed by atoms with Crippen molar-refractivity contribution in [1.82, 2.24) is 0 Å². The molecule has 3 nitrogen and oxygen atoms in total. The smallest absolute Gasteiger partial charge is 0.221 e. The average Bonchev–Trinajstić information content (AvgIpc) is 2.16. The molecular formula is C12H13NO2. The molecule has 1 aromatic rings. The van der Waals surface area contributed by atoms with Gasteiger partial charge in [0.2, 0.25) is 5.91 Å². The number of carbonyl (C=O) groups excluding carboxylic acids is 2. The number of nitrogens with one attached hydrogen (secondary N) is 1. The lowest BCUT2D eigenvalue weighted by atomic mass is 10.2. The minimum atomic E-state index is -0.0953. The molecule has 0 aromatic heterocycles. The molecule has 0 bridgehead atoms. The van der Waals surface area contributed by atoms with E-state index in [1.807, 2.05) is 12.1 Å². The van der Waals surface area contributed by atoms with E-state index in [0.29, 0.717) is 0 Å². The molecule has 0 saturated carbocycles. The summed E-state index contributed by atoms with van der Waals surface area (Å²) in [5, 5.41) is 2.67. The van der Waals surface area contributed by atoms with Gasteiger partial charge in [-0.25, -0.2) is 0 Å². The second-order valence-electron chi connectivity index (χ2n) is 3.25. The zero-order chi connectivity index (χ0) is 11.3. The summed E-state index contributed by atoms with van der Waals surface area (Å²) < 4.78 is 0. The van der Waals surface area contributed by atoms with E-state index in [1.54, 1.807) is 18.2 Å². The van der Waals surface area contributed by atoms with E-state index in [2.05, 4.69) is 5.32 Å². The van der Waals surface area contributed by atoms with Crippen LogP contribution in [0.3, 0.4) is 0 Å². The van der Waals surface area contributed by atoms with Crippen molar-refractivity contribution < 1.29 is 9.59 Å². The molecule has 0 spiro atoms. The van der Waals surface area contributed by atoms with Crippen LogP contribution in [-0.4, -0.2) is 11.7 Å². The van der Waals surface area contributed by atoms with Gasteiger partial charge in [-0.3, -0.25) is 9.59 Å². The summed E-state index contributed by atoms with van der Waals surface area (Å²) >= 11 is 0. The molecule has 0 aliphatic carbocycles. The predicted octanol–water partition coefficient (Wildman–Crippen LogP) is 2.25. The van der Waals surface area contributed by atoms with Crippen molar-refractivity contribution in [1.29, 1.82) is 0 Å². The van der Waals surface area contributed by atoms with Crippen molar-refractivity contribution in [3.63, 3.8) is 0 Å². The molecule has 0 aliphatic rings. The Balaban J connectivity index is 2.72. The van der Waals surface area contributed by atoms with E-state index in [9.17, 15) is 9.59 Å². The molecule has 15 heavy (non-hydrogen) atoms. The van der Waals surface area contributed by atoms with Gasteiger partial charge in [-0.1, -0.05) is 18.2 Å². The van der Waals surface area contributed by atoms with Crippen LogP contribution in [0.4, 0.5) is 5.69 Å². The van der Waals surface area contributed by atoms with Crippen molar-refractivity contribution >= 4 is 23.5 Å². The minimum absolute atomic E-state index is 0.0148. The van der Waals surface area contributed by atoms with Gasteiger partial charge in [0.15, 0.2) is 5.78 Å². The third kappa shape index (κ3) is 4.22. The summed E-state index contributed by atoms with van der Waals surface area (Å²) in [4.78, 5) is 21.4. The Morgan fingerprint density at radius 2 is 1.73 bits per heavy atom. The summed E-state index contributed by atoms with van der Waals surface area (Å²) in [6.45, 7) is 2.96. The van der Waals surface area contributed by atoms with Crippen LogP contribution in [0.25, 0.3) is 6.08 Å². The van der Waals surface area contributed by atoms with Gasteiger partial charge in [-0.2, -0.15) is 0 Å². The van der Waals surface area contributed by atoms with Crippen molar-refractivity contribution in [2.75, 3.05) is 5.32 Å². The highest BCUT2D eigenvalue weighted by atomic mass is 16.1. The minimum Gasteiger partial charge on any atom is -0.326 e. The Labute approximate surface area is 88.8 Å². The monoisotopic (exact) mass is 203 g/mol. The van der Waals surface area contributed by atoms with E-state index in [-0.39, 0.29) is 11.7 Å². The maximum absolute atomic E-state index is 10.7. The highest BCUT2D eigenvalue weighted by Gasteiger charge is 1.94. The highest BCUT2D eigenvalue weighted by molar-refractivity contribution is 5.92. The fourth-order valence-electron chi connectivity index (χ4n) is 1.09. The van der Waals surface area contributed by atoms with Crippen LogP contribution in [0.15, 0.2) is 30.3 Å². The van der Waals surface area contributed by atoms with Gasteiger partial charge in [-0.15, -0.1) is 0 Å². The topological polar surface area (TPSA) is 46.2 Å². The molecule has 3 heteroatoms. The first-order valence-electron chi connectivity index (χ1n) is 4.64. The van der Waals surface area contributed by atoms with Crippen LogP contribution < -0.4 is 5.32 Å². The van der Waals surface area contributed by atoms with E-state index in [0.717, 1.165) is 11.3 Å². The molecule has 1 aromatic carbocycles. The fraction of sp³-hybridized carbons (Fsp3) is 0.167. The number of hydrogen-bond acceptors (Lipinski definition) is 2. The van der Waals surface area contributed by atoms with Crippen molar-refractivity contribution in [2.45, 2.75) is 13.8 Å². The van der Waals surface area contributed by atoms with Crippen molar-refractivity contribution in [3.8, 4) is 0 Å². The molecule has 0 aliphatic heterocycles. The number of hydrogen-bond donors (Lipinski definition) is 1. The van der Waals surface area contributed by atoms with Gasteiger partial charge < -0.3 is 5.32 Å². The number of ketones is 1. The highest BCUT2D eigenvalue weighted by Crippen LogP contribution is 2.10. The Morgan fingerprint density at radius 1 is 1.13 bits per heavy atom. The predicted molar refractivity (Wildman–Crippen MR) is 60.5 cm³/mol. The van der Waals surface area contributed by atoms with Gasteiger partial charge in [-0.05, 0) is 30.7 Å². The van der Waals surface area contributed by atoms with Gasteiger partial charge in [0.25, 0.3) is 0 Å². The third-order valence-electron chi connectivity index (χ3n) is 1.74. The van der Waals surface area contributed by atoms with Crippen molar-refractivity contribution in [3.05, 3.63) is 35.9 Å². The Hall–Kier alpha value is -1.90. The van der Waals surface area contributed by atoms with Crippen molar-refractivity contribution in [2.24, 2.45) is 0 Å². The standard InChI is InChI=1S/C12H13NO2/c1-9(14)3-4-11-5-7-12(8-6-11)13-10(2)15/h3-8H,1-2H3,(H,13,15)/b4-3+. The number of allylic oxidation sites excluding steroid dienone is 1. The molecule has 1 amide bonds. The summed E-state index contributed by atoms with van der Waals surface area (Å²) in [5.41, 5.74) is 1.68. The maximum atomic E-state index is 10.7. The third-order valence-corrected chi connectivity index (χ3v) is 1.74. The zero-order valence-corrected chi connectivity index (χ0v) is 8.78. The van der Waals surface area contributed by atoms with Crippen LogP contribution in [0.1, 0.15) is 19.4 Å². The Morgan fingerprint density at radius 3 is 2.20 bits per heavy atom. The first-order chi connectivity index (χ1) is 7.08. The number of amides is 1. The first kappa shape index (κ1) is 11.2. The molecule has 78 valence electrons. The molecule has 1 rings (SSSR count). The van der Waals surface area contributed by atoms with Crippen LogP contribution in [0.2, 0.25) is 0 Å². The van der Waals surface area contributed by atoms with Gasteiger partial charge in [0, 0.05) is 12.6 Å². The largest absolute Gasteiger partial charge is 0.326 e. The number of carbonyl (C=O) groups is 2. The van der Waals surface area contributed by atoms with Gasteiger partial charge >= 0.3 is 0 Å². The van der Waals surface area contributed by atoms with Crippen LogP contribution in [-0.2, 0) is 9.59 Å². The lowest BCUT2D eigenvalue weighted by molar-refractivity contribution is -0.114. The molecule has 0 radical (unpaired) electrons. The Bertz CT molecular complexity index is 391. The molecule has 1 N–H and O–H groups in total. The van der Waals surface area contributed by atoms with E-state index in [4.69, 9.17) is 0 Å². The maximum Gasteiger partial charge on any atom is 0.221 e. The second kappa shape index (κ2) is 5.10. The van der Waals surface area contributed by atoms with Gasteiger partial charge in [0.1, 0.15) is 0 Å². The second-order valence-corrected chi connectivity index (χ2v) is 3.25.